The Morgan fingerprint density at radius 3 is 2.47 bits per heavy atom. The van der Waals surface area contributed by atoms with Crippen molar-refractivity contribution in [2.75, 3.05) is 11.9 Å². The number of benzene rings is 1. The van der Waals surface area contributed by atoms with Gasteiger partial charge in [-0.25, -0.2) is 4.79 Å². The minimum absolute atomic E-state index is 0.0351. The Balaban J connectivity index is 1.93. The van der Waals surface area contributed by atoms with Gasteiger partial charge in [0, 0.05) is 42.2 Å². The smallest absolute Gasteiger partial charge is 0.328 e. The van der Waals surface area contributed by atoms with E-state index in [2.05, 4.69) is 5.32 Å². The molecule has 1 N–H and O–H groups in total. The molecule has 0 bridgehead atoms. The van der Waals surface area contributed by atoms with Gasteiger partial charge in [0.05, 0.1) is 0 Å². The Kier molecular flexibility index (Phi) is 4.32. The predicted octanol–water partition coefficient (Wildman–Crippen LogP) is 3.00. The molecule has 2 aromatic rings. The Morgan fingerprint density at radius 2 is 1.89 bits per heavy atom. The number of imidazole rings is 1. The van der Waals surface area contributed by atoms with Crippen LogP contribution in [-0.4, -0.2) is 15.7 Å². The van der Waals surface area contributed by atoms with E-state index < -0.39 is 0 Å². The molecule has 1 heterocycles. The molecular formula is C14H18ClN3O. The molecule has 1 aromatic heterocycles. The first-order valence-electron chi connectivity index (χ1n) is 6.34. The van der Waals surface area contributed by atoms with Gasteiger partial charge in [-0.15, -0.1) is 0 Å². The van der Waals surface area contributed by atoms with Crippen molar-refractivity contribution in [3.05, 3.63) is 52.2 Å². The number of nitrogens with zero attached hydrogens (tertiary/aromatic N) is 2. The molecule has 4 nitrogen and oxygen atoms in total. The van der Waals surface area contributed by atoms with Gasteiger partial charge < -0.3 is 5.32 Å². The normalized spacial score (nSPS) is 10.9. The highest BCUT2D eigenvalue weighted by Gasteiger charge is 2.05. The van der Waals surface area contributed by atoms with Crippen LogP contribution < -0.4 is 11.0 Å². The van der Waals surface area contributed by atoms with E-state index in [-0.39, 0.29) is 11.7 Å². The third kappa shape index (κ3) is 3.41. The summed E-state index contributed by atoms with van der Waals surface area (Å²) in [5.41, 5.74) is 1.04. The molecule has 0 unspecified atom stereocenters. The van der Waals surface area contributed by atoms with Gasteiger partial charge in [-0.2, -0.15) is 0 Å². The van der Waals surface area contributed by atoms with Gasteiger partial charge in [0.15, 0.2) is 0 Å². The quantitative estimate of drug-likeness (QED) is 0.914. The van der Waals surface area contributed by atoms with E-state index in [1.165, 1.54) is 0 Å². The van der Waals surface area contributed by atoms with Crippen LogP contribution in [0.3, 0.4) is 0 Å². The van der Waals surface area contributed by atoms with Crippen LogP contribution in [0.5, 0.6) is 0 Å². The average Bonchev–Trinajstić information content (AvgIpc) is 2.74. The highest BCUT2D eigenvalue weighted by Crippen LogP contribution is 2.12. The third-order valence-electron chi connectivity index (χ3n) is 2.96. The molecule has 0 amide bonds. The van der Waals surface area contributed by atoms with Crippen LogP contribution in [0, 0.1) is 0 Å². The van der Waals surface area contributed by atoms with Crippen LogP contribution in [0.1, 0.15) is 19.9 Å². The van der Waals surface area contributed by atoms with E-state index in [1.54, 1.807) is 9.13 Å². The molecule has 5 heteroatoms. The van der Waals surface area contributed by atoms with E-state index in [0.29, 0.717) is 13.1 Å². The molecule has 0 atom stereocenters. The number of halogens is 1. The van der Waals surface area contributed by atoms with Gasteiger partial charge in [-0.05, 0) is 38.1 Å². The molecule has 0 saturated carbocycles. The number of hydrogen-bond donors (Lipinski definition) is 1. The van der Waals surface area contributed by atoms with Gasteiger partial charge in [-0.3, -0.25) is 9.13 Å². The second kappa shape index (κ2) is 5.97. The summed E-state index contributed by atoms with van der Waals surface area (Å²) >= 11 is 5.82. The van der Waals surface area contributed by atoms with Crippen molar-refractivity contribution in [1.29, 1.82) is 0 Å². The maximum atomic E-state index is 12.0. The highest BCUT2D eigenvalue weighted by atomic mass is 35.5. The number of hydrogen-bond acceptors (Lipinski definition) is 2. The topological polar surface area (TPSA) is 39.0 Å². The molecule has 0 fully saturated rings. The molecule has 19 heavy (non-hydrogen) atoms. The summed E-state index contributed by atoms with van der Waals surface area (Å²) in [4.78, 5) is 12.0. The van der Waals surface area contributed by atoms with Crippen molar-refractivity contribution in [3.8, 4) is 0 Å². The van der Waals surface area contributed by atoms with Crippen LogP contribution in [0.2, 0.25) is 5.02 Å². The van der Waals surface area contributed by atoms with Gasteiger partial charge in [0.1, 0.15) is 0 Å². The lowest BCUT2D eigenvalue weighted by Gasteiger charge is -2.07. The van der Waals surface area contributed by atoms with E-state index in [9.17, 15) is 4.79 Å². The van der Waals surface area contributed by atoms with Crippen LogP contribution in [-0.2, 0) is 6.54 Å². The van der Waals surface area contributed by atoms with E-state index in [1.807, 2.05) is 50.5 Å². The number of nitrogens with one attached hydrogen (secondary N) is 1. The number of rotatable bonds is 5. The molecule has 0 aliphatic heterocycles. The standard InChI is InChI=1S/C14H18ClN3O/c1-11(2)18-10-9-17(14(18)19)8-7-16-13-5-3-12(15)4-6-13/h3-6,9-11,16H,7-8H2,1-2H3. The minimum atomic E-state index is 0.0351. The van der Waals surface area contributed by atoms with Crippen LogP contribution in [0.4, 0.5) is 5.69 Å². The van der Waals surface area contributed by atoms with Gasteiger partial charge in [0.2, 0.25) is 0 Å². The summed E-state index contributed by atoms with van der Waals surface area (Å²) in [6, 6.07) is 7.71. The van der Waals surface area contributed by atoms with Crippen LogP contribution >= 0.6 is 11.6 Å². The fourth-order valence-electron chi connectivity index (χ4n) is 1.88. The zero-order valence-corrected chi connectivity index (χ0v) is 11.9. The molecule has 1 aromatic carbocycles. The Morgan fingerprint density at radius 1 is 1.21 bits per heavy atom. The highest BCUT2D eigenvalue weighted by molar-refractivity contribution is 6.30. The second-order valence-corrected chi connectivity index (χ2v) is 5.15. The lowest BCUT2D eigenvalue weighted by molar-refractivity contribution is 0.555. The van der Waals surface area contributed by atoms with Crippen molar-refractivity contribution >= 4 is 17.3 Å². The zero-order chi connectivity index (χ0) is 13.8. The van der Waals surface area contributed by atoms with Crippen molar-refractivity contribution in [1.82, 2.24) is 9.13 Å². The maximum absolute atomic E-state index is 12.0. The summed E-state index contributed by atoms with van der Waals surface area (Å²) in [7, 11) is 0. The van der Waals surface area contributed by atoms with Crippen LogP contribution in [0.15, 0.2) is 41.5 Å². The molecular weight excluding hydrogens is 262 g/mol. The van der Waals surface area contributed by atoms with Crippen LogP contribution in [0.25, 0.3) is 0 Å². The molecule has 0 aliphatic carbocycles. The maximum Gasteiger partial charge on any atom is 0.328 e. The molecule has 0 saturated heterocycles. The fraction of sp³-hybridized carbons (Fsp3) is 0.357. The summed E-state index contributed by atoms with van der Waals surface area (Å²) in [6.07, 6.45) is 3.65. The largest absolute Gasteiger partial charge is 0.383 e. The van der Waals surface area contributed by atoms with Crippen molar-refractivity contribution in [3.63, 3.8) is 0 Å². The molecule has 0 spiro atoms. The summed E-state index contributed by atoms with van der Waals surface area (Å²) < 4.78 is 3.44. The zero-order valence-electron chi connectivity index (χ0n) is 11.1. The summed E-state index contributed by atoms with van der Waals surface area (Å²) in [6.45, 7) is 5.33. The summed E-state index contributed by atoms with van der Waals surface area (Å²) in [5.74, 6) is 0. The Bertz CT molecular complexity index is 583. The van der Waals surface area contributed by atoms with Crippen molar-refractivity contribution in [2.45, 2.75) is 26.4 Å². The average molecular weight is 280 g/mol. The first kappa shape index (κ1) is 13.7. The summed E-state index contributed by atoms with van der Waals surface area (Å²) in [5, 5.41) is 3.98. The molecule has 0 radical (unpaired) electrons. The first-order valence-corrected chi connectivity index (χ1v) is 6.72. The van der Waals surface area contributed by atoms with Gasteiger partial charge >= 0.3 is 5.69 Å². The van der Waals surface area contributed by atoms with Crippen molar-refractivity contribution < 1.29 is 0 Å². The van der Waals surface area contributed by atoms with Gasteiger partial charge in [-0.1, -0.05) is 11.6 Å². The van der Waals surface area contributed by atoms with E-state index >= 15 is 0 Å². The fourth-order valence-corrected chi connectivity index (χ4v) is 2.01. The second-order valence-electron chi connectivity index (χ2n) is 4.71. The molecule has 2 rings (SSSR count). The molecule has 102 valence electrons. The van der Waals surface area contributed by atoms with E-state index in [4.69, 9.17) is 11.6 Å². The number of anilines is 1. The van der Waals surface area contributed by atoms with Gasteiger partial charge in [0.25, 0.3) is 0 Å². The minimum Gasteiger partial charge on any atom is -0.383 e. The third-order valence-corrected chi connectivity index (χ3v) is 3.21. The number of aromatic nitrogens is 2. The lowest BCUT2D eigenvalue weighted by atomic mass is 10.3. The lowest BCUT2D eigenvalue weighted by Crippen LogP contribution is -2.27. The van der Waals surface area contributed by atoms with E-state index in [0.717, 1.165) is 10.7 Å². The monoisotopic (exact) mass is 279 g/mol. The predicted molar refractivity (Wildman–Crippen MR) is 79.0 cm³/mol. The Labute approximate surface area is 117 Å². The SMILES string of the molecule is CC(C)n1ccn(CCNc2ccc(Cl)cc2)c1=O. The first-order chi connectivity index (χ1) is 9.08. The Hall–Kier alpha value is -1.68. The van der Waals surface area contributed by atoms with Crippen molar-refractivity contribution in [2.24, 2.45) is 0 Å². The molecule has 0 aliphatic rings.